The number of anilines is 1. The van der Waals surface area contributed by atoms with Crippen LogP contribution >= 0.6 is 0 Å². The van der Waals surface area contributed by atoms with E-state index in [1.165, 1.54) is 18.5 Å². The summed E-state index contributed by atoms with van der Waals surface area (Å²) in [6, 6.07) is 10.1. The van der Waals surface area contributed by atoms with Crippen LogP contribution in [0.5, 0.6) is 5.75 Å². The molecule has 2 N–H and O–H groups in total. The van der Waals surface area contributed by atoms with Crippen LogP contribution in [0.2, 0.25) is 0 Å². The van der Waals surface area contributed by atoms with Crippen molar-refractivity contribution in [2.75, 3.05) is 5.32 Å². The molecule has 10 heteroatoms. The summed E-state index contributed by atoms with van der Waals surface area (Å²) in [4.78, 5) is 12.4. The molecule has 0 fully saturated rings. The molecule has 0 amide bonds. The zero-order valence-corrected chi connectivity index (χ0v) is 17.9. The van der Waals surface area contributed by atoms with Crippen molar-refractivity contribution in [1.82, 2.24) is 25.1 Å². The summed E-state index contributed by atoms with van der Waals surface area (Å²) in [5.74, 6) is 1.22. The van der Waals surface area contributed by atoms with E-state index in [0.29, 0.717) is 11.4 Å². The lowest BCUT2D eigenvalue weighted by molar-refractivity contribution is -0.141. The number of aromatic nitrogens is 5. The topological polar surface area (TPSA) is 88.6 Å². The summed E-state index contributed by atoms with van der Waals surface area (Å²) < 4.78 is 45.5. The molecule has 0 radical (unpaired) electrons. The van der Waals surface area contributed by atoms with E-state index in [4.69, 9.17) is 4.74 Å². The van der Waals surface area contributed by atoms with E-state index < -0.39 is 11.9 Å². The van der Waals surface area contributed by atoms with Gasteiger partial charge in [-0.2, -0.15) is 18.3 Å². The Kier molecular flexibility index (Phi) is 6.25. The fraction of sp³-hybridized carbons (Fsp3) is 0.217. The molecule has 0 spiro atoms. The highest BCUT2D eigenvalue weighted by atomic mass is 19.4. The minimum atomic E-state index is -4.58. The van der Waals surface area contributed by atoms with Crippen molar-refractivity contribution >= 4 is 5.69 Å². The summed E-state index contributed by atoms with van der Waals surface area (Å²) in [5.41, 5.74) is 1.61. The van der Waals surface area contributed by atoms with Crippen LogP contribution < -0.4 is 10.1 Å². The molecule has 0 aliphatic rings. The number of alkyl halides is 3. The third kappa shape index (κ3) is 5.65. The average molecular weight is 454 g/mol. The van der Waals surface area contributed by atoms with Crippen molar-refractivity contribution in [2.24, 2.45) is 0 Å². The van der Waals surface area contributed by atoms with Crippen LogP contribution in [-0.2, 0) is 12.7 Å². The van der Waals surface area contributed by atoms with Crippen molar-refractivity contribution in [1.29, 1.82) is 0 Å². The monoisotopic (exact) mass is 454 g/mol. The Morgan fingerprint density at radius 3 is 2.30 bits per heavy atom. The van der Waals surface area contributed by atoms with Crippen molar-refractivity contribution < 1.29 is 17.9 Å². The van der Waals surface area contributed by atoms with Crippen LogP contribution in [0.15, 0.2) is 61.2 Å². The number of pyridine rings is 1. The van der Waals surface area contributed by atoms with E-state index in [1.807, 2.05) is 38.1 Å². The molecule has 1 aromatic carbocycles. The zero-order chi connectivity index (χ0) is 23.4. The first-order valence-corrected chi connectivity index (χ1v) is 10.2. The van der Waals surface area contributed by atoms with Gasteiger partial charge in [-0.05, 0) is 43.7 Å². The first-order chi connectivity index (χ1) is 15.8. The van der Waals surface area contributed by atoms with Gasteiger partial charge in [0.05, 0.1) is 24.5 Å². The van der Waals surface area contributed by atoms with Gasteiger partial charge in [0.15, 0.2) is 0 Å². The Morgan fingerprint density at radius 2 is 1.70 bits per heavy atom. The Labute approximate surface area is 188 Å². The number of aromatic amines is 1. The average Bonchev–Trinajstić information content (AvgIpc) is 3.33. The quantitative estimate of drug-likeness (QED) is 0.392. The molecular formula is C23H21F3N6O. The van der Waals surface area contributed by atoms with Gasteiger partial charge in [-0.3, -0.25) is 5.10 Å². The van der Waals surface area contributed by atoms with Crippen molar-refractivity contribution in [3.63, 3.8) is 0 Å². The number of benzene rings is 1. The molecule has 3 heterocycles. The highest BCUT2D eigenvalue weighted by Gasteiger charge is 2.33. The maximum absolute atomic E-state index is 13.3. The number of H-pyrrole nitrogens is 1. The number of rotatable bonds is 7. The van der Waals surface area contributed by atoms with E-state index in [-0.39, 0.29) is 24.0 Å². The fourth-order valence-electron chi connectivity index (χ4n) is 3.09. The second-order valence-electron chi connectivity index (χ2n) is 7.54. The first-order valence-electron chi connectivity index (χ1n) is 10.2. The third-order valence-electron chi connectivity index (χ3n) is 4.63. The molecule has 4 rings (SSSR count). The predicted octanol–water partition coefficient (Wildman–Crippen LogP) is 5.35. The Hall–Kier alpha value is -3.95. The molecule has 4 aromatic rings. The molecule has 33 heavy (non-hydrogen) atoms. The Balaban J connectivity index is 1.47. The van der Waals surface area contributed by atoms with Crippen LogP contribution in [0.4, 0.5) is 18.9 Å². The SMILES string of the molecule is CC(C)Oc1ccc(-c2cnc(CNc3cc(-c4cn[nH]c4)nc(C(F)(F)F)c3)nc2)cc1. The smallest absolute Gasteiger partial charge is 0.433 e. The van der Waals surface area contributed by atoms with Crippen molar-refractivity contribution in [3.8, 4) is 28.1 Å². The molecule has 0 unspecified atom stereocenters. The number of nitrogens with one attached hydrogen (secondary N) is 2. The van der Waals surface area contributed by atoms with E-state index in [2.05, 4.69) is 30.5 Å². The molecule has 0 saturated heterocycles. The minimum Gasteiger partial charge on any atom is -0.491 e. The van der Waals surface area contributed by atoms with Gasteiger partial charge in [-0.1, -0.05) is 12.1 Å². The lowest BCUT2D eigenvalue weighted by Gasteiger charge is -2.12. The predicted molar refractivity (Wildman–Crippen MR) is 117 cm³/mol. The van der Waals surface area contributed by atoms with E-state index in [9.17, 15) is 13.2 Å². The van der Waals surface area contributed by atoms with Gasteiger partial charge in [0.2, 0.25) is 0 Å². The highest BCUT2D eigenvalue weighted by molar-refractivity contribution is 5.64. The highest BCUT2D eigenvalue weighted by Crippen LogP contribution is 2.32. The van der Waals surface area contributed by atoms with Gasteiger partial charge in [-0.25, -0.2) is 15.0 Å². The summed E-state index contributed by atoms with van der Waals surface area (Å²) in [6.45, 7) is 4.07. The standard InChI is InChI=1S/C23H21F3N6O/c1-14(2)33-19-5-3-15(4-6-19)16-9-28-22(29-10-16)13-27-18-7-20(17-11-30-31-12-17)32-21(8-18)23(24,25)26/h3-12,14H,13H2,1-2H3,(H,27,32)(H,30,31). The number of halogens is 3. The molecule has 0 aliphatic carbocycles. The first kappa shape index (κ1) is 22.3. The van der Waals surface area contributed by atoms with Gasteiger partial charge in [0.1, 0.15) is 17.3 Å². The fourth-order valence-corrected chi connectivity index (χ4v) is 3.09. The molecule has 3 aromatic heterocycles. The van der Waals surface area contributed by atoms with Crippen LogP contribution in [0.25, 0.3) is 22.4 Å². The molecule has 0 atom stereocenters. The van der Waals surface area contributed by atoms with Crippen LogP contribution in [0.3, 0.4) is 0 Å². The third-order valence-corrected chi connectivity index (χ3v) is 4.63. The van der Waals surface area contributed by atoms with E-state index in [0.717, 1.165) is 22.9 Å². The van der Waals surface area contributed by atoms with E-state index >= 15 is 0 Å². The molecule has 0 saturated carbocycles. The maximum atomic E-state index is 13.3. The minimum absolute atomic E-state index is 0.0920. The molecule has 170 valence electrons. The molecule has 0 aliphatic heterocycles. The van der Waals surface area contributed by atoms with Gasteiger partial charge >= 0.3 is 6.18 Å². The zero-order valence-electron chi connectivity index (χ0n) is 17.9. The second kappa shape index (κ2) is 9.27. The lowest BCUT2D eigenvalue weighted by Crippen LogP contribution is -2.11. The van der Waals surface area contributed by atoms with Crippen molar-refractivity contribution in [3.05, 3.63) is 72.7 Å². The molecule has 7 nitrogen and oxygen atoms in total. The van der Waals surface area contributed by atoms with Crippen molar-refractivity contribution in [2.45, 2.75) is 32.7 Å². The lowest BCUT2D eigenvalue weighted by atomic mass is 10.1. The van der Waals surface area contributed by atoms with Crippen LogP contribution in [0.1, 0.15) is 25.4 Å². The summed E-state index contributed by atoms with van der Waals surface area (Å²) in [6.07, 6.45) is 1.75. The Bertz CT molecular complexity index is 1190. The van der Waals surface area contributed by atoms with Crippen LogP contribution in [0, 0.1) is 0 Å². The summed E-state index contributed by atoms with van der Waals surface area (Å²) in [7, 11) is 0. The largest absolute Gasteiger partial charge is 0.491 e. The number of hydrogen-bond acceptors (Lipinski definition) is 6. The normalized spacial score (nSPS) is 11.6. The van der Waals surface area contributed by atoms with Gasteiger partial charge in [0, 0.05) is 35.4 Å². The van der Waals surface area contributed by atoms with E-state index in [1.54, 1.807) is 12.4 Å². The summed E-state index contributed by atoms with van der Waals surface area (Å²) in [5, 5.41) is 9.29. The molecule has 0 bridgehead atoms. The molecular weight excluding hydrogens is 433 g/mol. The summed E-state index contributed by atoms with van der Waals surface area (Å²) >= 11 is 0. The maximum Gasteiger partial charge on any atom is 0.433 e. The Morgan fingerprint density at radius 1 is 0.970 bits per heavy atom. The van der Waals surface area contributed by atoms with Gasteiger partial charge < -0.3 is 10.1 Å². The number of nitrogens with zero attached hydrogens (tertiary/aromatic N) is 4. The number of ether oxygens (including phenoxy) is 1. The second-order valence-corrected chi connectivity index (χ2v) is 7.54. The van der Waals surface area contributed by atoms with Gasteiger partial charge in [0.25, 0.3) is 0 Å². The van der Waals surface area contributed by atoms with Gasteiger partial charge in [-0.15, -0.1) is 0 Å². The van der Waals surface area contributed by atoms with Crippen LogP contribution in [-0.4, -0.2) is 31.3 Å². The number of hydrogen-bond donors (Lipinski definition) is 2.